The Labute approximate surface area is 157 Å². The van der Waals surface area contributed by atoms with Crippen LogP contribution in [0.3, 0.4) is 0 Å². The molecule has 4 amide bonds. The summed E-state index contributed by atoms with van der Waals surface area (Å²) < 4.78 is 39.1. The summed E-state index contributed by atoms with van der Waals surface area (Å²) in [4.78, 5) is 41.8. The highest BCUT2D eigenvalue weighted by Gasteiger charge is 2.50. The third kappa shape index (κ3) is 3.53. The summed E-state index contributed by atoms with van der Waals surface area (Å²) in [7, 11) is 0. The van der Waals surface area contributed by atoms with Crippen LogP contribution in [0.2, 0.25) is 0 Å². The molecule has 3 rings (SSSR count). The molecule has 1 fully saturated rings. The van der Waals surface area contributed by atoms with Gasteiger partial charge < -0.3 is 10.6 Å². The molecule has 0 bridgehead atoms. The van der Waals surface area contributed by atoms with Crippen LogP contribution in [0.25, 0.3) is 0 Å². The molecule has 2 heterocycles. The Hall–Kier alpha value is -3.43. The molecule has 1 unspecified atom stereocenters. The Balaban J connectivity index is 1.77. The van der Waals surface area contributed by atoms with Gasteiger partial charge in [0, 0.05) is 6.20 Å². The van der Waals surface area contributed by atoms with Gasteiger partial charge in [-0.15, -0.1) is 0 Å². The van der Waals surface area contributed by atoms with Gasteiger partial charge in [-0.05, 0) is 31.2 Å². The average molecular weight is 392 g/mol. The summed E-state index contributed by atoms with van der Waals surface area (Å²) in [5.74, 6) is -1.67. The summed E-state index contributed by atoms with van der Waals surface area (Å²) >= 11 is 0. The molecule has 2 aromatic rings. The number of anilines is 1. The Morgan fingerprint density at radius 2 is 1.86 bits per heavy atom. The van der Waals surface area contributed by atoms with Gasteiger partial charge in [-0.1, -0.05) is 18.2 Å². The van der Waals surface area contributed by atoms with E-state index >= 15 is 0 Å². The van der Waals surface area contributed by atoms with E-state index in [2.05, 4.69) is 15.6 Å². The largest absolute Gasteiger partial charge is 0.418 e. The van der Waals surface area contributed by atoms with E-state index in [-0.39, 0.29) is 5.69 Å². The third-order valence-corrected chi connectivity index (χ3v) is 4.26. The van der Waals surface area contributed by atoms with Crippen LogP contribution in [-0.4, -0.2) is 34.3 Å². The van der Waals surface area contributed by atoms with E-state index in [1.807, 2.05) is 0 Å². The lowest BCUT2D eigenvalue weighted by atomic mass is 9.97. The van der Waals surface area contributed by atoms with E-state index in [0.29, 0.717) is 4.90 Å². The predicted molar refractivity (Wildman–Crippen MR) is 91.9 cm³/mol. The number of rotatable bonds is 4. The first-order valence-electron chi connectivity index (χ1n) is 8.14. The number of pyridine rings is 1. The van der Waals surface area contributed by atoms with Crippen LogP contribution in [0.4, 0.5) is 23.7 Å². The van der Waals surface area contributed by atoms with E-state index < -0.39 is 47.4 Å². The first-order chi connectivity index (χ1) is 13.1. The number of aromatic nitrogens is 1. The Bertz CT molecular complexity index is 933. The number of nitrogens with one attached hydrogen (secondary N) is 2. The number of imide groups is 1. The van der Waals surface area contributed by atoms with E-state index in [1.54, 1.807) is 18.2 Å². The van der Waals surface area contributed by atoms with Crippen LogP contribution < -0.4 is 10.6 Å². The van der Waals surface area contributed by atoms with Gasteiger partial charge in [-0.2, -0.15) is 13.2 Å². The molecule has 1 aromatic carbocycles. The van der Waals surface area contributed by atoms with Crippen molar-refractivity contribution in [2.75, 3.05) is 11.9 Å². The summed E-state index contributed by atoms with van der Waals surface area (Å²) in [6, 6.07) is 8.41. The molecule has 0 saturated carbocycles. The molecule has 0 aliphatic carbocycles. The van der Waals surface area contributed by atoms with Crippen molar-refractivity contribution < 1.29 is 27.6 Å². The number of carbonyl (C=O) groups excluding carboxylic acids is 3. The fraction of sp³-hybridized carbons (Fsp3) is 0.222. The number of amides is 4. The molecule has 1 atom stereocenters. The number of alkyl halides is 3. The highest BCUT2D eigenvalue weighted by Crippen LogP contribution is 2.34. The minimum absolute atomic E-state index is 0.277. The fourth-order valence-electron chi connectivity index (χ4n) is 2.85. The molecule has 1 saturated heterocycles. The van der Waals surface area contributed by atoms with Crippen LogP contribution in [0.5, 0.6) is 0 Å². The Morgan fingerprint density at radius 3 is 2.50 bits per heavy atom. The monoisotopic (exact) mass is 392 g/mol. The first kappa shape index (κ1) is 19.3. The molecule has 10 heteroatoms. The highest BCUT2D eigenvalue weighted by molar-refractivity contribution is 6.10. The van der Waals surface area contributed by atoms with Crippen LogP contribution >= 0.6 is 0 Å². The van der Waals surface area contributed by atoms with Crippen molar-refractivity contribution in [2.45, 2.75) is 18.6 Å². The molecule has 7 nitrogen and oxygen atoms in total. The molecular formula is C18H15F3N4O3. The second-order valence-corrected chi connectivity index (χ2v) is 6.25. The lowest BCUT2D eigenvalue weighted by molar-refractivity contribution is -0.137. The maximum absolute atomic E-state index is 13.0. The standard InChI is InChI=1S/C18H15F3N4O3/c1-17(13-8-4-5-9-22-13)15(27)25(16(28)24-17)10-14(26)23-12-7-3-2-6-11(12)18(19,20)21/h2-9H,10H2,1H3,(H,23,26)(H,24,28). The van der Waals surface area contributed by atoms with Crippen LogP contribution in [0, 0.1) is 0 Å². The molecule has 146 valence electrons. The van der Waals surface area contributed by atoms with Crippen molar-refractivity contribution in [3.05, 3.63) is 59.9 Å². The number of hydrogen-bond donors (Lipinski definition) is 2. The lowest BCUT2D eigenvalue weighted by Crippen LogP contribution is -2.42. The zero-order valence-corrected chi connectivity index (χ0v) is 14.6. The van der Waals surface area contributed by atoms with Gasteiger partial charge in [0.25, 0.3) is 5.91 Å². The Kier molecular flexibility index (Phi) is 4.80. The van der Waals surface area contributed by atoms with Gasteiger partial charge in [0.2, 0.25) is 5.91 Å². The number of halogens is 3. The molecule has 1 aromatic heterocycles. The molecule has 1 aliphatic rings. The zero-order chi connectivity index (χ0) is 20.5. The van der Waals surface area contributed by atoms with Crippen molar-refractivity contribution in [1.29, 1.82) is 0 Å². The fourth-order valence-corrected chi connectivity index (χ4v) is 2.85. The molecule has 2 N–H and O–H groups in total. The second-order valence-electron chi connectivity index (χ2n) is 6.25. The van der Waals surface area contributed by atoms with Crippen molar-refractivity contribution in [2.24, 2.45) is 0 Å². The smallest absolute Gasteiger partial charge is 0.324 e. The van der Waals surface area contributed by atoms with Gasteiger partial charge in [0.05, 0.1) is 16.9 Å². The van der Waals surface area contributed by atoms with Gasteiger partial charge in [0.15, 0.2) is 5.54 Å². The topological polar surface area (TPSA) is 91.4 Å². The van der Waals surface area contributed by atoms with Crippen LogP contribution in [0.15, 0.2) is 48.7 Å². The van der Waals surface area contributed by atoms with Gasteiger partial charge in [-0.25, -0.2) is 4.79 Å². The van der Waals surface area contributed by atoms with Gasteiger partial charge >= 0.3 is 12.2 Å². The number of carbonyl (C=O) groups is 3. The summed E-state index contributed by atoms with van der Waals surface area (Å²) in [5, 5.41) is 4.57. The number of hydrogen-bond acceptors (Lipinski definition) is 4. The SMILES string of the molecule is CC1(c2ccccn2)NC(=O)N(CC(=O)Nc2ccccc2C(F)(F)F)C1=O. The predicted octanol–water partition coefficient (Wildman–Crippen LogP) is 2.51. The summed E-state index contributed by atoms with van der Waals surface area (Å²) in [6.07, 6.45) is -3.22. The number of benzene rings is 1. The van der Waals surface area contributed by atoms with Crippen molar-refractivity contribution in [3.8, 4) is 0 Å². The number of nitrogens with zero attached hydrogens (tertiary/aromatic N) is 2. The lowest BCUT2D eigenvalue weighted by Gasteiger charge is -2.21. The van der Waals surface area contributed by atoms with E-state index in [4.69, 9.17) is 0 Å². The van der Waals surface area contributed by atoms with Crippen LogP contribution in [0.1, 0.15) is 18.2 Å². The quantitative estimate of drug-likeness (QED) is 0.783. The van der Waals surface area contributed by atoms with Crippen molar-refractivity contribution in [1.82, 2.24) is 15.2 Å². The van der Waals surface area contributed by atoms with Crippen molar-refractivity contribution >= 4 is 23.5 Å². The molecule has 1 aliphatic heterocycles. The van der Waals surface area contributed by atoms with Gasteiger partial charge in [0.1, 0.15) is 6.54 Å². The zero-order valence-electron chi connectivity index (χ0n) is 14.6. The van der Waals surface area contributed by atoms with Crippen molar-refractivity contribution in [3.63, 3.8) is 0 Å². The second kappa shape index (κ2) is 6.95. The molecule has 0 spiro atoms. The number of urea groups is 1. The van der Waals surface area contributed by atoms with Gasteiger partial charge in [-0.3, -0.25) is 19.5 Å². The minimum atomic E-state index is -4.66. The summed E-state index contributed by atoms with van der Waals surface area (Å²) in [6.45, 7) is 0.700. The average Bonchev–Trinajstić information content (AvgIpc) is 2.86. The maximum Gasteiger partial charge on any atom is 0.418 e. The number of para-hydroxylation sites is 1. The minimum Gasteiger partial charge on any atom is -0.324 e. The summed E-state index contributed by atoms with van der Waals surface area (Å²) in [5.41, 5.74) is -2.68. The van der Waals surface area contributed by atoms with E-state index in [0.717, 1.165) is 12.1 Å². The highest BCUT2D eigenvalue weighted by atomic mass is 19.4. The normalized spacial score (nSPS) is 19.5. The molecular weight excluding hydrogens is 377 g/mol. The molecule has 28 heavy (non-hydrogen) atoms. The molecule has 0 radical (unpaired) electrons. The van der Waals surface area contributed by atoms with Crippen LogP contribution in [-0.2, 0) is 21.3 Å². The Morgan fingerprint density at radius 1 is 1.18 bits per heavy atom. The maximum atomic E-state index is 13.0. The first-order valence-corrected chi connectivity index (χ1v) is 8.14. The van der Waals surface area contributed by atoms with E-state index in [1.165, 1.54) is 25.3 Å². The third-order valence-electron chi connectivity index (χ3n) is 4.26. The van der Waals surface area contributed by atoms with E-state index in [9.17, 15) is 27.6 Å².